The van der Waals surface area contributed by atoms with Crippen molar-refractivity contribution in [3.8, 4) is 22.8 Å². The Morgan fingerprint density at radius 3 is 1.20 bits per heavy atom. The number of aromatic nitrogens is 3. The van der Waals surface area contributed by atoms with E-state index in [9.17, 15) is 0 Å². The fraction of sp³-hybridized carbons (Fsp3) is 0. The van der Waals surface area contributed by atoms with Crippen molar-refractivity contribution in [1.29, 1.82) is 0 Å². The predicted octanol–water partition coefficient (Wildman–Crippen LogP) is 2.38. The molecule has 0 atom stereocenters. The first-order valence-corrected chi connectivity index (χ1v) is 6.44. The van der Waals surface area contributed by atoms with E-state index >= 15 is 0 Å². The number of nitrogens with zero attached hydrogens (tertiary/aromatic N) is 3. The average molecular weight is 416 g/mol. The first-order chi connectivity index (χ1) is 11.9. The molecule has 0 unspecified atom stereocenters. The Morgan fingerprint density at radius 2 is 0.880 bits per heavy atom. The summed E-state index contributed by atoms with van der Waals surface area (Å²) in [5, 5.41) is 0. The van der Waals surface area contributed by atoms with Crippen LogP contribution in [-0.4, -0.2) is 35.3 Å². The van der Waals surface area contributed by atoms with E-state index in [1.807, 2.05) is 54.6 Å². The molecule has 0 spiro atoms. The van der Waals surface area contributed by atoms with Gasteiger partial charge in [0.2, 0.25) is 0 Å². The Morgan fingerprint density at radius 1 is 0.520 bits per heavy atom. The molecule has 6 nitrogen and oxygen atoms in total. The first kappa shape index (κ1) is 24.4. The third-order valence-electron chi connectivity index (χ3n) is 2.60. The maximum Gasteiger partial charge on any atom is 3.00 e. The fourth-order valence-corrected chi connectivity index (χ4v) is 1.75. The molecule has 1 radical (unpaired) electrons. The van der Waals surface area contributed by atoms with Gasteiger partial charge in [-0.3, -0.25) is 30.3 Å². The third-order valence-corrected chi connectivity index (χ3v) is 2.60. The van der Waals surface area contributed by atoms with Gasteiger partial charge in [-0.2, -0.15) is 0 Å². The molecule has 25 heavy (non-hydrogen) atoms. The van der Waals surface area contributed by atoms with Crippen molar-refractivity contribution in [3.63, 3.8) is 0 Å². The molecule has 125 valence electrons. The normalized spacial score (nSPS) is 7.84. The maximum atomic E-state index is 7.75. The molecule has 3 aromatic rings. The van der Waals surface area contributed by atoms with Gasteiger partial charge in [0.25, 0.3) is 0 Å². The van der Waals surface area contributed by atoms with Gasteiger partial charge in [-0.25, -0.2) is 4.98 Å². The van der Waals surface area contributed by atoms with Crippen molar-refractivity contribution in [2.24, 2.45) is 0 Å². The fourth-order valence-electron chi connectivity index (χ4n) is 1.75. The van der Waals surface area contributed by atoms with Crippen LogP contribution in [0.1, 0.15) is 0 Å². The van der Waals surface area contributed by atoms with Crippen LogP contribution in [0.15, 0.2) is 67.0 Å². The average Bonchev–Trinajstić information content (AvgIpc) is 2.74. The van der Waals surface area contributed by atoms with Gasteiger partial charge in [0, 0.05) is 12.4 Å². The van der Waals surface area contributed by atoms with E-state index in [4.69, 9.17) is 14.4 Å². The molecule has 0 amide bonds. The van der Waals surface area contributed by atoms with E-state index in [2.05, 4.69) is 35.3 Å². The van der Waals surface area contributed by atoms with Crippen molar-refractivity contribution in [3.05, 3.63) is 67.0 Å². The van der Waals surface area contributed by atoms with Gasteiger partial charge in [0.1, 0.15) is 0 Å². The molecular formula is C18H14MoN3O3. The number of pyridine rings is 3. The summed E-state index contributed by atoms with van der Waals surface area (Å²) in [6.45, 7) is 9.75. The Labute approximate surface area is 160 Å². The monoisotopic (exact) mass is 418 g/mol. The second-order valence-electron chi connectivity index (χ2n) is 3.84. The molecule has 0 fully saturated rings. The topological polar surface area (TPSA) is 89.9 Å². The summed E-state index contributed by atoms with van der Waals surface area (Å²) >= 11 is 0. The van der Waals surface area contributed by atoms with Crippen molar-refractivity contribution < 1.29 is 35.4 Å². The Balaban J connectivity index is 0. The zero-order chi connectivity index (χ0) is 18.2. The number of rotatable bonds is 2. The van der Waals surface area contributed by atoms with Crippen molar-refractivity contribution in [1.82, 2.24) is 15.0 Å². The van der Waals surface area contributed by atoms with Gasteiger partial charge in [-0.05, 0) is 36.4 Å². The molecule has 3 heterocycles. The minimum Gasteiger partial charge on any atom is -0.545 e. The van der Waals surface area contributed by atoms with Crippen LogP contribution in [-0.2, 0) is 35.4 Å². The molecule has 0 saturated carbocycles. The maximum absolute atomic E-state index is 7.75. The molecule has 0 aliphatic heterocycles. The Hall–Kier alpha value is -2.85. The zero-order valence-electron chi connectivity index (χ0n) is 13.1. The van der Waals surface area contributed by atoms with Gasteiger partial charge in [-0.1, -0.05) is 18.2 Å². The van der Waals surface area contributed by atoms with E-state index in [0.717, 1.165) is 22.8 Å². The first-order valence-electron chi connectivity index (χ1n) is 6.44. The molecule has 0 bridgehead atoms. The molecule has 3 aromatic heterocycles. The van der Waals surface area contributed by atoms with Gasteiger partial charge < -0.3 is 14.4 Å². The molecule has 0 N–H and O–H groups in total. The van der Waals surface area contributed by atoms with Crippen LogP contribution in [0.2, 0.25) is 0 Å². The second kappa shape index (κ2) is 16.0. The van der Waals surface area contributed by atoms with Crippen LogP contribution in [0.25, 0.3) is 22.8 Å². The minimum atomic E-state index is 0. The van der Waals surface area contributed by atoms with Gasteiger partial charge in [0.15, 0.2) is 0 Å². The molecule has 0 aliphatic carbocycles. The predicted molar refractivity (Wildman–Crippen MR) is 91.0 cm³/mol. The van der Waals surface area contributed by atoms with Crippen LogP contribution in [0, 0.1) is 0 Å². The summed E-state index contributed by atoms with van der Waals surface area (Å²) in [4.78, 5) is 36.4. The Bertz CT molecular complexity index is 641. The van der Waals surface area contributed by atoms with E-state index in [0.29, 0.717) is 0 Å². The molecule has 0 aliphatic rings. The second-order valence-corrected chi connectivity index (χ2v) is 3.84. The number of hydrogen-bond acceptors (Lipinski definition) is 6. The summed E-state index contributed by atoms with van der Waals surface area (Å²) in [5.74, 6) is 0. The van der Waals surface area contributed by atoms with Crippen LogP contribution in [0.3, 0.4) is 0 Å². The van der Waals surface area contributed by atoms with Gasteiger partial charge in [0.05, 0.1) is 22.8 Å². The largest absolute Gasteiger partial charge is 3.00 e. The zero-order valence-corrected chi connectivity index (χ0v) is 15.1. The summed E-state index contributed by atoms with van der Waals surface area (Å²) in [6.07, 6.45) is 3.54. The van der Waals surface area contributed by atoms with Crippen LogP contribution in [0.4, 0.5) is 0 Å². The van der Waals surface area contributed by atoms with Crippen LogP contribution in [0.5, 0.6) is 0 Å². The minimum absolute atomic E-state index is 0. The summed E-state index contributed by atoms with van der Waals surface area (Å²) in [5.41, 5.74) is 3.46. The van der Waals surface area contributed by atoms with E-state index < -0.39 is 0 Å². The van der Waals surface area contributed by atoms with Crippen molar-refractivity contribution >= 4 is 20.4 Å². The summed E-state index contributed by atoms with van der Waals surface area (Å²) < 4.78 is 0. The molecular weight excluding hydrogens is 402 g/mol. The van der Waals surface area contributed by atoms with Gasteiger partial charge in [-0.15, -0.1) is 0 Å². The molecule has 3 rings (SSSR count). The molecule has 7 heteroatoms. The smallest absolute Gasteiger partial charge is 0.545 e. The van der Waals surface area contributed by atoms with Gasteiger partial charge >= 0.3 is 21.1 Å². The summed E-state index contributed by atoms with van der Waals surface area (Å²) in [7, 11) is 0. The number of hydrogen-bond donors (Lipinski definition) is 0. The van der Waals surface area contributed by atoms with Crippen LogP contribution >= 0.6 is 0 Å². The van der Waals surface area contributed by atoms with E-state index in [-0.39, 0.29) is 21.1 Å². The Kier molecular flexibility index (Phi) is 15.6. The van der Waals surface area contributed by atoms with E-state index in [1.54, 1.807) is 12.4 Å². The van der Waals surface area contributed by atoms with Crippen molar-refractivity contribution in [2.45, 2.75) is 0 Å². The summed E-state index contributed by atoms with van der Waals surface area (Å²) in [6, 6.07) is 17.5. The SMILES string of the molecule is [CH-]=O.[CH-]=O.[CH-]=O.[Mo+3].c1ccc(-c2cccc(-c3ccccn3)n2)nc1. The quantitative estimate of drug-likeness (QED) is 0.362. The number of carbonyl (C=O) groups excluding carboxylic acids is 3. The van der Waals surface area contributed by atoms with Crippen LogP contribution < -0.4 is 0 Å². The standard InChI is InChI=1S/C15H11N3.3CHO.Mo/c1-3-10-16-12(6-1)14-8-5-9-15(18-14)13-7-2-4-11-17-13;3*1-2;/h1-11H;3*1H;/q;3*-1;+3. The van der Waals surface area contributed by atoms with Crippen molar-refractivity contribution in [2.75, 3.05) is 0 Å². The van der Waals surface area contributed by atoms with E-state index in [1.165, 1.54) is 0 Å². The molecule has 0 aromatic carbocycles. The molecule has 0 saturated heterocycles. The third kappa shape index (κ3) is 7.99.